The first kappa shape index (κ1) is 17.3. The molecule has 1 unspecified atom stereocenters. The number of nitrogens with zero attached hydrogens (tertiary/aromatic N) is 5. The molecule has 7 nitrogen and oxygen atoms in total. The van der Waals surface area contributed by atoms with Crippen molar-refractivity contribution in [3.63, 3.8) is 0 Å². The van der Waals surface area contributed by atoms with E-state index in [0.29, 0.717) is 6.04 Å². The number of aromatic nitrogens is 4. The van der Waals surface area contributed by atoms with E-state index in [9.17, 15) is 4.79 Å². The summed E-state index contributed by atoms with van der Waals surface area (Å²) in [5, 5.41) is 7.83. The molecular formula is C19H28N6O. The number of hydrogen-bond donors (Lipinski definition) is 1. The summed E-state index contributed by atoms with van der Waals surface area (Å²) in [6, 6.07) is 2.23. The van der Waals surface area contributed by atoms with Gasteiger partial charge in [0.05, 0.1) is 6.04 Å². The molecule has 2 aromatic heterocycles. The number of carbonyl (C=O) groups is 1. The summed E-state index contributed by atoms with van der Waals surface area (Å²) in [7, 11) is 0. The molecule has 0 aromatic carbocycles. The van der Waals surface area contributed by atoms with Crippen LogP contribution in [-0.2, 0) is 16.8 Å². The Morgan fingerprint density at radius 1 is 1.31 bits per heavy atom. The first-order chi connectivity index (χ1) is 12.7. The number of aryl methyl sites for hydroxylation is 1. The lowest BCUT2D eigenvalue weighted by molar-refractivity contribution is -0.145. The van der Waals surface area contributed by atoms with Crippen molar-refractivity contribution >= 4 is 5.91 Å². The first-order valence-corrected chi connectivity index (χ1v) is 9.76. The molecule has 2 saturated heterocycles. The number of hydrogen-bond acceptors (Lipinski definition) is 4. The van der Waals surface area contributed by atoms with E-state index in [-0.39, 0.29) is 5.91 Å². The summed E-state index contributed by atoms with van der Waals surface area (Å²) < 4.78 is 4.16. The molecule has 2 aliphatic rings. The molecular weight excluding hydrogens is 328 g/mol. The normalized spacial score (nSPS) is 23.1. The van der Waals surface area contributed by atoms with Gasteiger partial charge in [0, 0.05) is 44.3 Å². The van der Waals surface area contributed by atoms with Crippen molar-refractivity contribution in [3.05, 3.63) is 36.7 Å². The lowest BCUT2D eigenvalue weighted by Gasteiger charge is -2.43. The molecule has 1 N–H and O–H groups in total. The summed E-state index contributed by atoms with van der Waals surface area (Å²) in [5.41, 5.74) is -0.542. The largest absolute Gasteiger partial charge is 0.339 e. The molecule has 1 amide bonds. The van der Waals surface area contributed by atoms with Crippen LogP contribution < -0.4 is 5.32 Å². The number of nitrogens with one attached hydrogen (secondary N) is 1. The number of amides is 1. The van der Waals surface area contributed by atoms with E-state index in [1.165, 1.54) is 0 Å². The van der Waals surface area contributed by atoms with Gasteiger partial charge >= 0.3 is 0 Å². The molecule has 2 aromatic rings. The van der Waals surface area contributed by atoms with Gasteiger partial charge in [0.1, 0.15) is 11.4 Å². The van der Waals surface area contributed by atoms with Gasteiger partial charge in [-0.3, -0.25) is 9.48 Å². The predicted molar refractivity (Wildman–Crippen MR) is 98.8 cm³/mol. The van der Waals surface area contributed by atoms with E-state index >= 15 is 0 Å². The molecule has 2 aliphatic heterocycles. The standard InChI is InChI=1S/C19H28N6O/c1-2-17-21-11-14-24(17)16-5-3-12-23(15-16)18(26)19(6-9-20-10-7-19)25-13-4-8-22-25/h4,8,11,13-14,16,20H,2-3,5-7,9-10,12,15H2,1H3. The quantitative estimate of drug-likeness (QED) is 0.903. The summed E-state index contributed by atoms with van der Waals surface area (Å²) in [6.45, 7) is 5.43. The molecule has 4 heterocycles. The van der Waals surface area contributed by atoms with Gasteiger partial charge in [0.2, 0.25) is 0 Å². The third-order valence-electron chi connectivity index (χ3n) is 5.91. The third-order valence-corrected chi connectivity index (χ3v) is 5.91. The summed E-state index contributed by atoms with van der Waals surface area (Å²) in [4.78, 5) is 20.2. The second-order valence-electron chi connectivity index (χ2n) is 7.38. The van der Waals surface area contributed by atoms with Gasteiger partial charge < -0.3 is 14.8 Å². The minimum Gasteiger partial charge on any atom is -0.339 e. The molecule has 0 saturated carbocycles. The topological polar surface area (TPSA) is 68.0 Å². The van der Waals surface area contributed by atoms with Crippen molar-refractivity contribution in [3.8, 4) is 0 Å². The van der Waals surface area contributed by atoms with Crippen LogP contribution in [0.2, 0.25) is 0 Å². The molecule has 0 spiro atoms. The van der Waals surface area contributed by atoms with Crippen LogP contribution in [0.25, 0.3) is 0 Å². The average Bonchev–Trinajstić information content (AvgIpc) is 3.40. The van der Waals surface area contributed by atoms with Gasteiger partial charge in [-0.25, -0.2) is 4.98 Å². The third kappa shape index (κ3) is 2.94. The average molecular weight is 356 g/mol. The predicted octanol–water partition coefficient (Wildman–Crippen LogP) is 1.58. The Bertz CT molecular complexity index is 731. The second-order valence-corrected chi connectivity index (χ2v) is 7.38. The van der Waals surface area contributed by atoms with E-state index < -0.39 is 5.54 Å². The maximum atomic E-state index is 13.7. The Hall–Kier alpha value is -2.15. The fourth-order valence-corrected chi connectivity index (χ4v) is 4.51. The van der Waals surface area contributed by atoms with Crippen molar-refractivity contribution in [2.45, 2.75) is 50.6 Å². The molecule has 0 radical (unpaired) electrons. The van der Waals surface area contributed by atoms with E-state index in [1.54, 1.807) is 6.20 Å². The Balaban J connectivity index is 1.58. The Kier molecular flexibility index (Phi) is 4.80. The number of imidazole rings is 1. The van der Waals surface area contributed by atoms with Gasteiger partial charge in [-0.05, 0) is 44.8 Å². The molecule has 26 heavy (non-hydrogen) atoms. The molecule has 2 fully saturated rings. The Morgan fingerprint density at radius 3 is 2.88 bits per heavy atom. The van der Waals surface area contributed by atoms with Gasteiger partial charge in [-0.15, -0.1) is 0 Å². The Labute approximate surface area is 154 Å². The zero-order valence-corrected chi connectivity index (χ0v) is 15.5. The Morgan fingerprint density at radius 2 is 2.15 bits per heavy atom. The van der Waals surface area contributed by atoms with E-state index in [1.807, 2.05) is 23.1 Å². The minimum absolute atomic E-state index is 0.227. The zero-order chi connectivity index (χ0) is 18.0. The molecule has 0 bridgehead atoms. The van der Waals surface area contributed by atoms with Crippen molar-refractivity contribution in [1.82, 2.24) is 29.5 Å². The van der Waals surface area contributed by atoms with Crippen molar-refractivity contribution in [2.24, 2.45) is 0 Å². The lowest BCUT2D eigenvalue weighted by Crippen LogP contribution is -2.57. The van der Waals surface area contributed by atoms with Crippen molar-refractivity contribution < 1.29 is 4.79 Å². The van der Waals surface area contributed by atoms with Gasteiger partial charge in [-0.1, -0.05) is 6.92 Å². The summed E-state index contributed by atoms with van der Waals surface area (Å²) >= 11 is 0. The van der Waals surface area contributed by atoms with Gasteiger partial charge in [-0.2, -0.15) is 5.10 Å². The van der Waals surface area contributed by atoms with Gasteiger partial charge in [0.25, 0.3) is 5.91 Å². The van der Waals surface area contributed by atoms with Crippen LogP contribution in [-0.4, -0.2) is 56.3 Å². The molecule has 140 valence electrons. The fourth-order valence-electron chi connectivity index (χ4n) is 4.51. The molecule has 0 aliphatic carbocycles. The number of carbonyl (C=O) groups excluding carboxylic acids is 1. The van der Waals surface area contributed by atoms with Crippen LogP contribution in [0.15, 0.2) is 30.9 Å². The highest BCUT2D eigenvalue weighted by Gasteiger charge is 2.45. The lowest BCUT2D eigenvalue weighted by atomic mass is 9.86. The number of likely N-dealkylation sites (tertiary alicyclic amines) is 1. The van der Waals surface area contributed by atoms with Crippen molar-refractivity contribution in [1.29, 1.82) is 0 Å². The smallest absolute Gasteiger partial charge is 0.250 e. The zero-order valence-electron chi connectivity index (χ0n) is 15.5. The van der Waals surface area contributed by atoms with Crippen LogP contribution in [0, 0.1) is 0 Å². The maximum Gasteiger partial charge on any atom is 0.250 e. The fraction of sp³-hybridized carbons (Fsp3) is 0.632. The van der Waals surface area contributed by atoms with Crippen LogP contribution >= 0.6 is 0 Å². The monoisotopic (exact) mass is 356 g/mol. The van der Waals surface area contributed by atoms with Crippen molar-refractivity contribution in [2.75, 3.05) is 26.2 Å². The van der Waals surface area contributed by atoms with Crippen LogP contribution in [0.1, 0.15) is 44.5 Å². The number of rotatable bonds is 4. The summed E-state index contributed by atoms with van der Waals surface area (Å²) in [5.74, 6) is 1.33. The molecule has 4 rings (SSSR count). The number of piperidine rings is 2. The van der Waals surface area contributed by atoms with E-state index in [2.05, 4.69) is 38.0 Å². The highest BCUT2D eigenvalue weighted by molar-refractivity contribution is 5.84. The highest BCUT2D eigenvalue weighted by Crippen LogP contribution is 2.32. The molecule has 1 atom stereocenters. The van der Waals surface area contributed by atoms with Gasteiger partial charge in [0.15, 0.2) is 0 Å². The highest BCUT2D eigenvalue weighted by atomic mass is 16.2. The SMILES string of the molecule is CCc1nccn1C1CCCN(C(=O)C2(n3cccn3)CCNCC2)C1. The van der Waals surface area contributed by atoms with E-state index in [0.717, 1.165) is 64.1 Å². The first-order valence-electron chi connectivity index (χ1n) is 9.76. The summed E-state index contributed by atoms with van der Waals surface area (Å²) in [6.07, 6.45) is 12.3. The molecule has 7 heteroatoms. The van der Waals surface area contributed by atoms with Crippen LogP contribution in [0.5, 0.6) is 0 Å². The van der Waals surface area contributed by atoms with E-state index in [4.69, 9.17) is 0 Å². The van der Waals surface area contributed by atoms with Crippen LogP contribution in [0.3, 0.4) is 0 Å². The minimum atomic E-state index is -0.542. The van der Waals surface area contributed by atoms with Crippen LogP contribution in [0.4, 0.5) is 0 Å². The maximum absolute atomic E-state index is 13.7. The second kappa shape index (κ2) is 7.23.